The second-order valence-corrected chi connectivity index (χ2v) is 7.07. The Kier molecular flexibility index (Phi) is 8.08. The molecule has 0 radical (unpaired) electrons. The number of ether oxygens (including phenoxy) is 3. The maximum atomic E-state index is 12.9. The predicted octanol–water partition coefficient (Wildman–Crippen LogP) is 2.01. The third-order valence-electron chi connectivity index (χ3n) is 4.72. The molecule has 1 aliphatic heterocycles. The van der Waals surface area contributed by atoms with Gasteiger partial charge in [0.2, 0.25) is 0 Å². The highest BCUT2D eigenvalue weighted by Gasteiger charge is 2.43. The second kappa shape index (κ2) is 10.5. The number of esters is 2. The lowest BCUT2D eigenvalue weighted by atomic mass is 9.95. The molecule has 2 rings (SSSR count). The standard InChI is InChI=1S/C21H25NO8/c1-13-9-16(24)10-19(30-14(2)23)22(17(11-18(13)25)20(26)28-3)21(27)29-12-15-7-5-4-6-8-15/h4-8,13,17,19H,9-12H2,1-3H3/t13-,17+,19-/m1/s1. The molecule has 30 heavy (non-hydrogen) atoms. The van der Waals surface area contributed by atoms with Crippen LogP contribution in [0.1, 0.15) is 38.7 Å². The molecule has 0 bridgehead atoms. The first kappa shape index (κ1) is 23.1. The molecule has 9 nitrogen and oxygen atoms in total. The molecule has 0 aliphatic carbocycles. The van der Waals surface area contributed by atoms with Crippen LogP contribution in [0.25, 0.3) is 0 Å². The number of carbonyl (C=O) groups excluding carboxylic acids is 5. The van der Waals surface area contributed by atoms with Crippen LogP contribution in [0.3, 0.4) is 0 Å². The van der Waals surface area contributed by atoms with E-state index in [1.165, 1.54) is 0 Å². The summed E-state index contributed by atoms with van der Waals surface area (Å²) in [5.41, 5.74) is 0.689. The first-order valence-corrected chi connectivity index (χ1v) is 9.51. The minimum atomic E-state index is -1.40. The van der Waals surface area contributed by atoms with E-state index in [4.69, 9.17) is 14.2 Å². The van der Waals surface area contributed by atoms with Gasteiger partial charge in [0, 0.05) is 25.7 Å². The van der Waals surface area contributed by atoms with Crippen molar-refractivity contribution in [1.29, 1.82) is 0 Å². The molecular weight excluding hydrogens is 394 g/mol. The van der Waals surface area contributed by atoms with Crippen molar-refractivity contribution < 1.29 is 38.2 Å². The quantitative estimate of drug-likeness (QED) is 0.537. The van der Waals surface area contributed by atoms with Crippen molar-refractivity contribution in [3.8, 4) is 0 Å². The fourth-order valence-electron chi connectivity index (χ4n) is 3.18. The normalized spacial score (nSPS) is 22.4. The van der Waals surface area contributed by atoms with E-state index >= 15 is 0 Å². The van der Waals surface area contributed by atoms with E-state index < -0.39 is 36.2 Å². The predicted molar refractivity (Wildman–Crippen MR) is 103 cm³/mol. The van der Waals surface area contributed by atoms with Gasteiger partial charge in [-0.1, -0.05) is 37.3 Å². The maximum Gasteiger partial charge on any atom is 0.413 e. The summed E-state index contributed by atoms with van der Waals surface area (Å²) in [7, 11) is 1.11. The summed E-state index contributed by atoms with van der Waals surface area (Å²) in [5.74, 6) is -3.05. The Morgan fingerprint density at radius 1 is 1.07 bits per heavy atom. The van der Waals surface area contributed by atoms with Gasteiger partial charge in [-0.05, 0) is 5.56 Å². The van der Waals surface area contributed by atoms with Gasteiger partial charge in [-0.25, -0.2) is 9.59 Å². The molecule has 0 saturated carbocycles. The molecule has 1 aliphatic rings. The van der Waals surface area contributed by atoms with Crippen LogP contribution in [0.4, 0.5) is 4.79 Å². The molecule has 162 valence electrons. The first-order chi connectivity index (χ1) is 14.2. The lowest BCUT2D eigenvalue weighted by Gasteiger charge is -2.34. The molecule has 1 saturated heterocycles. The molecule has 0 aromatic heterocycles. The average Bonchev–Trinajstić information content (AvgIpc) is 2.74. The molecule has 1 heterocycles. The number of hydrogen-bond acceptors (Lipinski definition) is 8. The SMILES string of the molecule is COC(=O)[C@@H]1CC(=O)[C@H](C)CC(=O)C[C@@H](OC(C)=O)N1C(=O)OCc1ccccc1. The Morgan fingerprint density at radius 2 is 1.73 bits per heavy atom. The van der Waals surface area contributed by atoms with E-state index in [9.17, 15) is 24.0 Å². The Hall–Kier alpha value is -3.23. The van der Waals surface area contributed by atoms with Crippen LogP contribution in [-0.4, -0.2) is 53.9 Å². The van der Waals surface area contributed by atoms with Crippen molar-refractivity contribution in [1.82, 2.24) is 4.90 Å². The number of nitrogens with zero attached hydrogens (tertiary/aromatic N) is 1. The van der Waals surface area contributed by atoms with Gasteiger partial charge in [0.25, 0.3) is 0 Å². The van der Waals surface area contributed by atoms with Crippen molar-refractivity contribution in [2.75, 3.05) is 7.11 Å². The van der Waals surface area contributed by atoms with Crippen LogP contribution in [0.2, 0.25) is 0 Å². The van der Waals surface area contributed by atoms with Crippen LogP contribution < -0.4 is 0 Å². The van der Waals surface area contributed by atoms with E-state index in [2.05, 4.69) is 0 Å². The number of benzene rings is 1. The van der Waals surface area contributed by atoms with E-state index in [0.717, 1.165) is 18.9 Å². The van der Waals surface area contributed by atoms with Gasteiger partial charge < -0.3 is 14.2 Å². The minimum absolute atomic E-state index is 0.0859. The summed E-state index contributed by atoms with van der Waals surface area (Å²) in [5, 5.41) is 0. The van der Waals surface area contributed by atoms with E-state index in [0.29, 0.717) is 5.56 Å². The smallest absolute Gasteiger partial charge is 0.413 e. The Balaban J connectivity index is 2.40. The molecule has 1 fully saturated rings. The molecule has 1 aromatic carbocycles. The summed E-state index contributed by atoms with van der Waals surface area (Å²) in [6, 6.07) is 7.41. The molecule has 1 aromatic rings. The number of hydrogen-bond donors (Lipinski definition) is 0. The van der Waals surface area contributed by atoms with Crippen LogP contribution in [0.15, 0.2) is 30.3 Å². The first-order valence-electron chi connectivity index (χ1n) is 9.51. The summed E-state index contributed by atoms with van der Waals surface area (Å²) < 4.78 is 15.3. The molecule has 0 spiro atoms. The fraction of sp³-hybridized carbons (Fsp3) is 0.476. The summed E-state index contributed by atoms with van der Waals surface area (Å²) >= 11 is 0. The van der Waals surface area contributed by atoms with E-state index in [1.807, 2.05) is 0 Å². The van der Waals surface area contributed by atoms with E-state index in [-0.39, 0.29) is 37.4 Å². The molecule has 3 atom stereocenters. The van der Waals surface area contributed by atoms with Crippen LogP contribution in [-0.2, 0) is 40.0 Å². The fourth-order valence-corrected chi connectivity index (χ4v) is 3.18. The zero-order valence-electron chi connectivity index (χ0n) is 17.2. The van der Waals surface area contributed by atoms with Crippen molar-refractivity contribution >= 4 is 29.6 Å². The number of Topliss-reactive ketones (excluding diaryl/α,β-unsaturated/α-hetero) is 2. The second-order valence-electron chi connectivity index (χ2n) is 7.07. The van der Waals surface area contributed by atoms with Gasteiger partial charge in [-0.3, -0.25) is 19.3 Å². The Morgan fingerprint density at radius 3 is 2.33 bits per heavy atom. The van der Waals surface area contributed by atoms with Gasteiger partial charge in [0.15, 0.2) is 6.23 Å². The Labute approximate surface area is 174 Å². The highest BCUT2D eigenvalue weighted by Crippen LogP contribution is 2.24. The topological polar surface area (TPSA) is 116 Å². The summed E-state index contributed by atoms with van der Waals surface area (Å²) in [6.45, 7) is 2.57. The highest BCUT2D eigenvalue weighted by atomic mass is 16.6. The monoisotopic (exact) mass is 419 g/mol. The van der Waals surface area contributed by atoms with Gasteiger partial charge in [-0.2, -0.15) is 0 Å². The average molecular weight is 419 g/mol. The van der Waals surface area contributed by atoms with Crippen molar-refractivity contribution in [3.63, 3.8) is 0 Å². The van der Waals surface area contributed by atoms with Crippen LogP contribution >= 0.6 is 0 Å². The molecule has 0 N–H and O–H groups in total. The van der Waals surface area contributed by atoms with E-state index in [1.54, 1.807) is 37.3 Å². The van der Waals surface area contributed by atoms with Gasteiger partial charge in [-0.15, -0.1) is 0 Å². The molecular formula is C21H25NO8. The lowest BCUT2D eigenvalue weighted by Crippen LogP contribution is -2.53. The van der Waals surface area contributed by atoms with Crippen molar-refractivity contribution in [2.45, 2.75) is 52.0 Å². The van der Waals surface area contributed by atoms with Gasteiger partial charge in [0.1, 0.15) is 24.2 Å². The van der Waals surface area contributed by atoms with Crippen molar-refractivity contribution in [3.05, 3.63) is 35.9 Å². The lowest BCUT2D eigenvalue weighted by molar-refractivity contribution is -0.166. The van der Waals surface area contributed by atoms with Gasteiger partial charge >= 0.3 is 18.0 Å². The highest BCUT2D eigenvalue weighted by molar-refractivity contribution is 5.93. The molecule has 9 heteroatoms. The van der Waals surface area contributed by atoms with Crippen molar-refractivity contribution in [2.24, 2.45) is 5.92 Å². The maximum absolute atomic E-state index is 12.9. The number of rotatable bonds is 4. The molecule has 0 unspecified atom stereocenters. The number of carbonyl (C=O) groups is 5. The zero-order chi connectivity index (χ0) is 22.3. The number of methoxy groups -OCH3 is 1. The van der Waals surface area contributed by atoms with Crippen LogP contribution in [0.5, 0.6) is 0 Å². The number of ketones is 2. The summed E-state index contributed by atoms with van der Waals surface area (Å²) in [6.07, 6.45) is -3.25. The number of amides is 1. The zero-order valence-corrected chi connectivity index (χ0v) is 17.2. The van der Waals surface area contributed by atoms with Crippen LogP contribution in [0, 0.1) is 5.92 Å². The largest absolute Gasteiger partial charge is 0.467 e. The Bertz CT molecular complexity index is 806. The third kappa shape index (κ3) is 6.13. The third-order valence-corrected chi connectivity index (χ3v) is 4.72. The van der Waals surface area contributed by atoms with Gasteiger partial charge in [0.05, 0.1) is 13.5 Å². The summed E-state index contributed by atoms with van der Waals surface area (Å²) in [4.78, 5) is 62.8. The molecule has 1 amide bonds. The minimum Gasteiger partial charge on any atom is -0.467 e.